The molecule has 2 saturated heterocycles. The normalized spacial score (nSPS) is 23.5. The summed E-state index contributed by atoms with van der Waals surface area (Å²) in [6, 6.07) is 7.61. The largest absolute Gasteiger partial charge is 0.465 e. The van der Waals surface area contributed by atoms with Gasteiger partial charge in [0, 0.05) is 13.1 Å². The zero-order valence-electron chi connectivity index (χ0n) is 21.1. The topological polar surface area (TPSA) is 116 Å². The van der Waals surface area contributed by atoms with Gasteiger partial charge in [-0.15, -0.1) is 0 Å². The van der Waals surface area contributed by atoms with Crippen LogP contribution in [0.5, 0.6) is 0 Å². The van der Waals surface area contributed by atoms with Crippen molar-refractivity contribution in [2.75, 3.05) is 13.1 Å². The lowest BCUT2D eigenvalue weighted by Gasteiger charge is -2.49. The summed E-state index contributed by atoms with van der Waals surface area (Å²) in [5.41, 5.74) is -1.06. The van der Waals surface area contributed by atoms with Gasteiger partial charge in [-0.2, -0.15) is 0 Å². The second-order valence-electron chi connectivity index (χ2n) is 10.5. The van der Waals surface area contributed by atoms with Gasteiger partial charge in [0.2, 0.25) is 11.8 Å². The van der Waals surface area contributed by atoms with Gasteiger partial charge < -0.3 is 20.1 Å². The maximum atomic E-state index is 14.0. The molecule has 3 amide bonds. The summed E-state index contributed by atoms with van der Waals surface area (Å²) in [4.78, 5) is 54.6. The number of hydrogen-bond donors (Lipinski definition) is 2. The molecular formula is C26H37N3O6. The number of carboxylic acid groups (broad SMARTS) is 1. The van der Waals surface area contributed by atoms with E-state index in [0.717, 1.165) is 18.4 Å². The van der Waals surface area contributed by atoms with Crippen molar-refractivity contribution in [1.29, 1.82) is 0 Å². The highest BCUT2D eigenvalue weighted by molar-refractivity contribution is 5.96. The van der Waals surface area contributed by atoms with Crippen molar-refractivity contribution in [3.8, 4) is 0 Å². The fourth-order valence-electron chi connectivity index (χ4n) is 5.31. The first kappa shape index (κ1) is 26.5. The molecule has 9 nitrogen and oxygen atoms in total. The van der Waals surface area contributed by atoms with Crippen LogP contribution in [0.15, 0.2) is 30.3 Å². The van der Waals surface area contributed by atoms with Crippen LogP contribution in [0, 0.1) is 5.41 Å². The van der Waals surface area contributed by atoms with E-state index >= 15 is 0 Å². The van der Waals surface area contributed by atoms with Crippen LogP contribution in [0.1, 0.15) is 65.4 Å². The van der Waals surface area contributed by atoms with Gasteiger partial charge in [0.05, 0.1) is 0 Å². The highest BCUT2D eigenvalue weighted by Crippen LogP contribution is 2.46. The molecule has 3 atom stereocenters. The van der Waals surface area contributed by atoms with Crippen LogP contribution >= 0.6 is 0 Å². The molecule has 0 spiro atoms. The van der Waals surface area contributed by atoms with Gasteiger partial charge in [-0.25, -0.2) is 9.59 Å². The molecule has 35 heavy (non-hydrogen) atoms. The van der Waals surface area contributed by atoms with E-state index in [-0.39, 0.29) is 19.1 Å². The van der Waals surface area contributed by atoms with E-state index in [1.165, 1.54) is 9.80 Å². The molecule has 2 N–H and O–H groups in total. The standard InChI is InChI=1S/C26H37N3O6/c1-18(22(31)35-17-19-11-6-5-7-12-19)27-21(30)20-13-8-9-15-28(20)23(32)26(25(2,3)4)14-10-16-29(26)24(33)34/h5-7,11-12,18,20H,8-10,13-17H2,1-4H3,(H,27,30)(H,33,34)/t18-,20-,26+/m0/s1. The number of amides is 3. The SMILES string of the molecule is C[C@H](NC(=O)[C@@H]1CCCCN1C(=O)[C@@]1(C(C)(C)C)CCCN1C(=O)O)C(=O)OCc1ccccc1. The number of ether oxygens (including phenoxy) is 1. The summed E-state index contributed by atoms with van der Waals surface area (Å²) in [5.74, 6) is -1.31. The van der Waals surface area contributed by atoms with E-state index in [9.17, 15) is 24.3 Å². The first-order valence-corrected chi connectivity index (χ1v) is 12.3. The Morgan fingerprint density at radius 3 is 2.43 bits per heavy atom. The van der Waals surface area contributed by atoms with E-state index in [0.29, 0.717) is 25.8 Å². The number of carbonyl (C=O) groups is 4. The lowest BCUT2D eigenvalue weighted by Crippen LogP contribution is -2.67. The Morgan fingerprint density at radius 1 is 1.11 bits per heavy atom. The number of benzene rings is 1. The number of rotatable bonds is 6. The highest BCUT2D eigenvalue weighted by Gasteiger charge is 2.59. The molecule has 0 unspecified atom stereocenters. The van der Waals surface area contributed by atoms with Gasteiger partial charge in [0.15, 0.2) is 0 Å². The van der Waals surface area contributed by atoms with E-state index in [4.69, 9.17) is 4.74 Å². The summed E-state index contributed by atoms with van der Waals surface area (Å²) in [5, 5.41) is 12.6. The molecule has 2 aliphatic rings. The van der Waals surface area contributed by atoms with E-state index in [1.807, 2.05) is 51.1 Å². The van der Waals surface area contributed by atoms with Gasteiger partial charge in [0.1, 0.15) is 24.2 Å². The Bertz CT molecular complexity index is 944. The minimum Gasteiger partial charge on any atom is -0.465 e. The minimum atomic E-state index is -1.24. The van der Waals surface area contributed by atoms with Crippen LogP contribution < -0.4 is 5.32 Å². The Morgan fingerprint density at radius 2 is 1.80 bits per heavy atom. The smallest absolute Gasteiger partial charge is 0.408 e. The molecule has 192 valence electrons. The van der Waals surface area contributed by atoms with Crippen molar-refractivity contribution in [1.82, 2.24) is 15.1 Å². The van der Waals surface area contributed by atoms with Gasteiger partial charge in [-0.3, -0.25) is 14.5 Å². The minimum absolute atomic E-state index is 0.104. The highest BCUT2D eigenvalue weighted by atomic mass is 16.5. The second kappa shape index (κ2) is 10.7. The summed E-state index contributed by atoms with van der Waals surface area (Å²) < 4.78 is 5.33. The molecule has 2 heterocycles. The van der Waals surface area contributed by atoms with Crippen molar-refractivity contribution >= 4 is 23.9 Å². The fraction of sp³-hybridized carbons (Fsp3) is 0.615. The number of likely N-dealkylation sites (tertiary alicyclic amines) is 2. The van der Waals surface area contributed by atoms with Crippen molar-refractivity contribution < 1.29 is 29.0 Å². The average Bonchev–Trinajstić information content (AvgIpc) is 3.29. The number of esters is 1. The molecule has 0 saturated carbocycles. The van der Waals surface area contributed by atoms with Gasteiger partial charge in [0.25, 0.3) is 0 Å². The van der Waals surface area contributed by atoms with Crippen LogP contribution in [-0.2, 0) is 25.7 Å². The number of carbonyl (C=O) groups excluding carboxylic acids is 3. The van der Waals surface area contributed by atoms with Crippen molar-refractivity contribution in [3.05, 3.63) is 35.9 Å². The third kappa shape index (κ3) is 5.44. The molecule has 1 aromatic carbocycles. The summed E-state index contributed by atoms with van der Waals surface area (Å²) in [6.07, 6.45) is 1.83. The Kier molecular flexibility index (Phi) is 8.07. The Balaban J connectivity index is 1.73. The molecule has 1 aromatic rings. The fourth-order valence-corrected chi connectivity index (χ4v) is 5.31. The van der Waals surface area contributed by atoms with Crippen molar-refractivity contribution in [3.63, 3.8) is 0 Å². The maximum Gasteiger partial charge on any atom is 0.408 e. The molecule has 0 aromatic heterocycles. The molecule has 0 radical (unpaired) electrons. The van der Waals surface area contributed by atoms with E-state index in [2.05, 4.69) is 5.32 Å². The predicted molar refractivity (Wildman–Crippen MR) is 129 cm³/mol. The number of nitrogens with one attached hydrogen (secondary N) is 1. The van der Waals surface area contributed by atoms with Crippen LogP contribution in [0.3, 0.4) is 0 Å². The summed E-state index contributed by atoms with van der Waals surface area (Å²) in [7, 11) is 0. The third-order valence-corrected chi connectivity index (χ3v) is 7.21. The van der Waals surface area contributed by atoms with Gasteiger partial charge >= 0.3 is 12.1 Å². The van der Waals surface area contributed by atoms with Crippen LogP contribution in [-0.4, -0.2) is 69.5 Å². The van der Waals surface area contributed by atoms with E-state index < -0.39 is 41.0 Å². The third-order valence-electron chi connectivity index (χ3n) is 7.21. The maximum absolute atomic E-state index is 14.0. The van der Waals surface area contributed by atoms with Crippen molar-refractivity contribution in [2.45, 2.75) is 84.0 Å². The number of hydrogen-bond acceptors (Lipinski definition) is 5. The average molecular weight is 488 g/mol. The monoisotopic (exact) mass is 487 g/mol. The molecule has 2 aliphatic heterocycles. The number of nitrogens with zero attached hydrogens (tertiary/aromatic N) is 2. The second-order valence-corrected chi connectivity index (χ2v) is 10.5. The molecule has 0 aliphatic carbocycles. The van der Waals surface area contributed by atoms with Crippen LogP contribution in [0.4, 0.5) is 4.79 Å². The summed E-state index contributed by atoms with van der Waals surface area (Å²) >= 11 is 0. The zero-order valence-corrected chi connectivity index (χ0v) is 21.1. The quantitative estimate of drug-likeness (QED) is 0.596. The zero-order chi connectivity index (χ0) is 25.8. The predicted octanol–water partition coefficient (Wildman–Crippen LogP) is 3.17. The first-order chi connectivity index (χ1) is 16.5. The molecule has 9 heteroatoms. The summed E-state index contributed by atoms with van der Waals surface area (Å²) in [6.45, 7) is 7.93. The first-order valence-electron chi connectivity index (χ1n) is 12.3. The molecule has 0 bridgehead atoms. The molecular weight excluding hydrogens is 450 g/mol. The lowest BCUT2D eigenvalue weighted by molar-refractivity contribution is -0.157. The number of piperidine rings is 1. The van der Waals surface area contributed by atoms with E-state index in [1.54, 1.807) is 6.92 Å². The van der Waals surface area contributed by atoms with Gasteiger partial charge in [-0.05, 0) is 50.0 Å². The van der Waals surface area contributed by atoms with Crippen molar-refractivity contribution in [2.24, 2.45) is 5.41 Å². The van der Waals surface area contributed by atoms with Gasteiger partial charge in [-0.1, -0.05) is 51.1 Å². The molecule has 3 rings (SSSR count). The Hall–Kier alpha value is -3.10. The lowest BCUT2D eigenvalue weighted by atomic mass is 9.70. The Labute approximate surface area is 206 Å². The van der Waals surface area contributed by atoms with Crippen LogP contribution in [0.2, 0.25) is 0 Å². The van der Waals surface area contributed by atoms with Crippen LogP contribution in [0.25, 0.3) is 0 Å². The molecule has 2 fully saturated rings.